The van der Waals surface area contributed by atoms with Gasteiger partial charge in [0.25, 0.3) is 0 Å². The molecule has 0 bridgehead atoms. The molecule has 0 aromatic heterocycles. The molecule has 0 radical (unpaired) electrons. The van der Waals surface area contributed by atoms with Crippen LogP contribution in [0.25, 0.3) is 0 Å². The van der Waals surface area contributed by atoms with Crippen LogP contribution in [0.15, 0.2) is 18.2 Å². The highest BCUT2D eigenvalue weighted by Crippen LogP contribution is 2.41. The molecule has 1 atom stereocenters. The molecule has 0 amide bonds. The van der Waals surface area contributed by atoms with Crippen molar-refractivity contribution in [2.45, 2.75) is 19.8 Å². The molecule has 2 heteroatoms. The van der Waals surface area contributed by atoms with Crippen molar-refractivity contribution >= 4 is 5.69 Å². The van der Waals surface area contributed by atoms with Gasteiger partial charge in [-0.2, -0.15) is 0 Å². The summed E-state index contributed by atoms with van der Waals surface area (Å²) in [7, 11) is 1.72. The van der Waals surface area contributed by atoms with E-state index in [-0.39, 0.29) is 0 Å². The zero-order valence-corrected chi connectivity index (χ0v) is 9.00. The first-order valence-electron chi connectivity index (χ1n) is 5.14. The average Bonchev–Trinajstić information content (AvgIpc) is 2.60. The second kappa shape index (κ2) is 3.52. The predicted molar refractivity (Wildman–Crippen MR) is 59.1 cm³/mol. The normalized spacial score (nSPS) is 19.3. The van der Waals surface area contributed by atoms with E-state index >= 15 is 0 Å². The number of ether oxygens (including phenoxy) is 1. The molecule has 0 aliphatic carbocycles. The number of methoxy groups -OCH3 is 1. The highest BCUT2D eigenvalue weighted by molar-refractivity contribution is 5.66. The van der Waals surface area contributed by atoms with Crippen LogP contribution in [-0.4, -0.2) is 13.7 Å². The zero-order chi connectivity index (χ0) is 10.1. The summed E-state index contributed by atoms with van der Waals surface area (Å²) >= 11 is 0. The SMILES string of the molecule is COc1cccc2c1NCC2C(C)C. The second-order valence-electron chi connectivity index (χ2n) is 4.16. The molecule has 1 heterocycles. The fraction of sp³-hybridized carbons (Fsp3) is 0.500. The Balaban J connectivity index is 2.41. The number of hydrogen-bond acceptors (Lipinski definition) is 2. The van der Waals surface area contributed by atoms with Crippen LogP contribution in [0.2, 0.25) is 0 Å². The lowest BCUT2D eigenvalue weighted by atomic mass is 9.90. The Bertz CT molecular complexity index is 333. The van der Waals surface area contributed by atoms with E-state index in [4.69, 9.17) is 4.74 Å². The van der Waals surface area contributed by atoms with Gasteiger partial charge in [-0.1, -0.05) is 26.0 Å². The molecule has 0 saturated heterocycles. The van der Waals surface area contributed by atoms with Gasteiger partial charge in [-0.15, -0.1) is 0 Å². The summed E-state index contributed by atoms with van der Waals surface area (Å²) in [6.07, 6.45) is 0. The Hall–Kier alpha value is -1.18. The van der Waals surface area contributed by atoms with Crippen LogP contribution in [0, 0.1) is 5.92 Å². The summed E-state index contributed by atoms with van der Waals surface area (Å²) < 4.78 is 5.32. The summed E-state index contributed by atoms with van der Waals surface area (Å²) in [6, 6.07) is 6.27. The van der Waals surface area contributed by atoms with Gasteiger partial charge in [-0.05, 0) is 17.5 Å². The van der Waals surface area contributed by atoms with Crippen LogP contribution in [-0.2, 0) is 0 Å². The lowest BCUT2D eigenvalue weighted by Gasteiger charge is -2.14. The summed E-state index contributed by atoms with van der Waals surface area (Å²) in [5.41, 5.74) is 2.59. The third-order valence-electron chi connectivity index (χ3n) is 2.98. The van der Waals surface area contributed by atoms with Gasteiger partial charge in [0.15, 0.2) is 0 Å². The van der Waals surface area contributed by atoms with E-state index in [2.05, 4.69) is 31.3 Å². The number of benzene rings is 1. The first-order chi connectivity index (χ1) is 6.74. The molecule has 1 aliphatic heterocycles. The largest absolute Gasteiger partial charge is 0.495 e. The number of nitrogens with one attached hydrogen (secondary N) is 1. The molecule has 0 saturated carbocycles. The van der Waals surface area contributed by atoms with E-state index in [1.54, 1.807) is 7.11 Å². The number of fused-ring (bicyclic) bond motifs is 1. The highest BCUT2D eigenvalue weighted by atomic mass is 16.5. The van der Waals surface area contributed by atoms with E-state index in [0.29, 0.717) is 11.8 Å². The molecule has 1 aromatic rings. The quantitative estimate of drug-likeness (QED) is 0.776. The van der Waals surface area contributed by atoms with E-state index in [9.17, 15) is 0 Å². The third-order valence-corrected chi connectivity index (χ3v) is 2.98. The molecule has 1 N–H and O–H groups in total. The van der Waals surface area contributed by atoms with Gasteiger partial charge in [-0.3, -0.25) is 0 Å². The molecule has 2 nitrogen and oxygen atoms in total. The Morgan fingerprint density at radius 2 is 2.21 bits per heavy atom. The molecular formula is C12H17NO. The molecule has 1 aliphatic rings. The summed E-state index contributed by atoms with van der Waals surface area (Å²) in [6.45, 7) is 5.56. The first kappa shape index (κ1) is 9.38. The second-order valence-corrected chi connectivity index (χ2v) is 4.16. The third kappa shape index (κ3) is 1.35. The average molecular weight is 191 g/mol. The van der Waals surface area contributed by atoms with Crippen LogP contribution in [0.3, 0.4) is 0 Å². The fourth-order valence-corrected chi connectivity index (χ4v) is 2.13. The van der Waals surface area contributed by atoms with Gasteiger partial charge in [0.2, 0.25) is 0 Å². The highest BCUT2D eigenvalue weighted by Gasteiger charge is 2.26. The Kier molecular flexibility index (Phi) is 2.36. The maximum atomic E-state index is 5.32. The van der Waals surface area contributed by atoms with Crippen molar-refractivity contribution in [2.24, 2.45) is 5.92 Å². The van der Waals surface area contributed by atoms with Gasteiger partial charge >= 0.3 is 0 Å². The standard InChI is InChI=1S/C12H17NO/c1-8(2)10-7-13-12-9(10)5-4-6-11(12)14-3/h4-6,8,10,13H,7H2,1-3H3. The van der Waals surface area contributed by atoms with Gasteiger partial charge in [0.05, 0.1) is 12.8 Å². The topological polar surface area (TPSA) is 21.3 Å². The van der Waals surface area contributed by atoms with Crippen molar-refractivity contribution in [1.82, 2.24) is 0 Å². The summed E-state index contributed by atoms with van der Waals surface area (Å²) in [4.78, 5) is 0. The lowest BCUT2D eigenvalue weighted by molar-refractivity contribution is 0.416. The predicted octanol–water partition coefficient (Wildman–Crippen LogP) is 2.86. The number of para-hydroxylation sites is 1. The molecular weight excluding hydrogens is 174 g/mol. The molecule has 1 unspecified atom stereocenters. The molecule has 2 rings (SSSR count). The minimum absolute atomic E-state index is 0.625. The van der Waals surface area contributed by atoms with Gasteiger partial charge < -0.3 is 10.1 Å². The van der Waals surface area contributed by atoms with Crippen LogP contribution in [0.4, 0.5) is 5.69 Å². The van der Waals surface area contributed by atoms with Crippen molar-refractivity contribution in [3.63, 3.8) is 0 Å². The van der Waals surface area contributed by atoms with Crippen molar-refractivity contribution in [3.8, 4) is 5.75 Å². The zero-order valence-electron chi connectivity index (χ0n) is 9.00. The van der Waals surface area contributed by atoms with E-state index < -0.39 is 0 Å². The minimum atomic E-state index is 0.625. The smallest absolute Gasteiger partial charge is 0.142 e. The van der Waals surface area contributed by atoms with Crippen LogP contribution >= 0.6 is 0 Å². The van der Waals surface area contributed by atoms with Crippen molar-refractivity contribution in [2.75, 3.05) is 19.0 Å². The maximum absolute atomic E-state index is 5.32. The monoisotopic (exact) mass is 191 g/mol. The van der Waals surface area contributed by atoms with Crippen molar-refractivity contribution < 1.29 is 4.74 Å². The minimum Gasteiger partial charge on any atom is -0.495 e. The van der Waals surface area contributed by atoms with Crippen LogP contribution < -0.4 is 10.1 Å². The van der Waals surface area contributed by atoms with E-state index in [1.807, 2.05) is 6.07 Å². The summed E-state index contributed by atoms with van der Waals surface area (Å²) in [5.74, 6) is 2.27. The summed E-state index contributed by atoms with van der Waals surface area (Å²) in [5, 5.41) is 3.43. The first-order valence-corrected chi connectivity index (χ1v) is 5.14. The molecule has 0 spiro atoms. The molecule has 14 heavy (non-hydrogen) atoms. The van der Waals surface area contributed by atoms with Crippen molar-refractivity contribution in [1.29, 1.82) is 0 Å². The van der Waals surface area contributed by atoms with E-state index in [0.717, 1.165) is 12.3 Å². The Morgan fingerprint density at radius 1 is 1.43 bits per heavy atom. The van der Waals surface area contributed by atoms with Gasteiger partial charge in [-0.25, -0.2) is 0 Å². The fourth-order valence-electron chi connectivity index (χ4n) is 2.13. The van der Waals surface area contributed by atoms with Gasteiger partial charge in [0, 0.05) is 12.5 Å². The van der Waals surface area contributed by atoms with E-state index in [1.165, 1.54) is 11.3 Å². The number of rotatable bonds is 2. The Morgan fingerprint density at radius 3 is 2.86 bits per heavy atom. The molecule has 1 aromatic carbocycles. The molecule has 0 fully saturated rings. The maximum Gasteiger partial charge on any atom is 0.142 e. The molecule has 76 valence electrons. The van der Waals surface area contributed by atoms with Crippen LogP contribution in [0.1, 0.15) is 25.3 Å². The van der Waals surface area contributed by atoms with Gasteiger partial charge in [0.1, 0.15) is 5.75 Å². The van der Waals surface area contributed by atoms with Crippen LogP contribution in [0.5, 0.6) is 5.75 Å². The number of hydrogen-bond donors (Lipinski definition) is 1. The number of anilines is 1. The lowest BCUT2D eigenvalue weighted by Crippen LogP contribution is -2.08. The Labute approximate surface area is 85.3 Å². The van der Waals surface area contributed by atoms with Crippen molar-refractivity contribution in [3.05, 3.63) is 23.8 Å².